The molecule has 0 saturated heterocycles. The minimum atomic E-state index is -4.68. The lowest BCUT2D eigenvalue weighted by Crippen LogP contribution is -2.20. The van der Waals surface area contributed by atoms with Gasteiger partial charge < -0.3 is 10.1 Å². The van der Waals surface area contributed by atoms with Gasteiger partial charge in [0.05, 0.1) is 28.8 Å². The summed E-state index contributed by atoms with van der Waals surface area (Å²) < 4.78 is 45.4. The first-order chi connectivity index (χ1) is 10.7. The van der Waals surface area contributed by atoms with Crippen LogP contribution in [-0.2, 0) is 29.0 Å². The molecule has 11 heteroatoms. The molecule has 23 heavy (non-hydrogen) atoms. The van der Waals surface area contributed by atoms with E-state index in [-0.39, 0.29) is 12.4 Å². The van der Waals surface area contributed by atoms with Gasteiger partial charge in [-0.1, -0.05) is 11.6 Å². The SMILES string of the molecule is COCn1cc(NC(=O)Cn2nc(C(F)(F)F)c(Cl)c2C)cn1. The van der Waals surface area contributed by atoms with Crippen LogP contribution in [0.25, 0.3) is 0 Å². The Morgan fingerprint density at radius 2 is 2.17 bits per heavy atom. The predicted octanol–water partition coefficient (Wildman–Crippen LogP) is 2.30. The van der Waals surface area contributed by atoms with E-state index in [1.54, 1.807) is 0 Å². The molecule has 0 aliphatic carbocycles. The van der Waals surface area contributed by atoms with Gasteiger partial charge in [0.25, 0.3) is 0 Å². The topological polar surface area (TPSA) is 74.0 Å². The van der Waals surface area contributed by atoms with Crippen molar-refractivity contribution in [1.82, 2.24) is 19.6 Å². The maximum atomic E-state index is 12.7. The van der Waals surface area contributed by atoms with Gasteiger partial charge in [-0.05, 0) is 6.92 Å². The van der Waals surface area contributed by atoms with Crippen molar-refractivity contribution in [2.24, 2.45) is 0 Å². The van der Waals surface area contributed by atoms with Crippen molar-refractivity contribution >= 4 is 23.2 Å². The molecular formula is C12H13ClF3N5O2. The fourth-order valence-corrected chi connectivity index (χ4v) is 2.07. The molecule has 0 spiro atoms. The quantitative estimate of drug-likeness (QED) is 0.897. The van der Waals surface area contributed by atoms with Gasteiger partial charge >= 0.3 is 6.18 Å². The molecule has 1 amide bonds. The summed E-state index contributed by atoms with van der Waals surface area (Å²) in [6.07, 6.45) is -1.77. The highest BCUT2D eigenvalue weighted by Gasteiger charge is 2.38. The first-order valence-electron chi connectivity index (χ1n) is 6.33. The smallest absolute Gasteiger partial charge is 0.362 e. The average molecular weight is 352 g/mol. The maximum absolute atomic E-state index is 12.7. The Morgan fingerprint density at radius 1 is 1.48 bits per heavy atom. The van der Waals surface area contributed by atoms with Crippen molar-refractivity contribution in [3.05, 3.63) is 28.8 Å². The fraction of sp³-hybridized carbons (Fsp3) is 0.417. The number of halogens is 4. The summed E-state index contributed by atoms with van der Waals surface area (Å²) >= 11 is 5.62. The molecule has 7 nitrogen and oxygen atoms in total. The number of hydrogen-bond acceptors (Lipinski definition) is 4. The van der Waals surface area contributed by atoms with Crippen LogP contribution in [0.2, 0.25) is 5.02 Å². The summed E-state index contributed by atoms with van der Waals surface area (Å²) in [5.74, 6) is -0.557. The van der Waals surface area contributed by atoms with E-state index in [2.05, 4.69) is 15.5 Å². The molecule has 126 valence electrons. The van der Waals surface area contributed by atoms with Gasteiger partial charge in [0.1, 0.15) is 13.3 Å². The Balaban J connectivity index is 2.08. The lowest BCUT2D eigenvalue weighted by molar-refractivity contribution is -0.141. The molecule has 0 aliphatic heterocycles. The lowest BCUT2D eigenvalue weighted by atomic mass is 10.3. The van der Waals surface area contributed by atoms with Crippen molar-refractivity contribution in [2.45, 2.75) is 26.4 Å². The van der Waals surface area contributed by atoms with Crippen molar-refractivity contribution in [3.63, 3.8) is 0 Å². The molecule has 0 aliphatic rings. The normalized spacial score (nSPS) is 11.7. The molecule has 2 rings (SSSR count). The number of methoxy groups -OCH3 is 1. The number of carbonyl (C=O) groups excluding carboxylic acids is 1. The van der Waals surface area contributed by atoms with Crippen LogP contribution < -0.4 is 5.32 Å². The zero-order chi connectivity index (χ0) is 17.2. The highest BCUT2D eigenvalue weighted by Crippen LogP contribution is 2.35. The van der Waals surface area contributed by atoms with Crippen LogP contribution in [-0.4, -0.2) is 32.6 Å². The lowest BCUT2D eigenvalue weighted by Gasteiger charge is -2.05. The molecule has 0 atom stereocenters. The molecule has 0 radical (unpaired) electrons. The Morgan fingerprint density at radius 3 is 2.74 bits per heavy atom. The first kappa shape index (κ1) is 17.3. The van der Waals surface area contributed by atoms with E-state index in [1.807, 2.05) is 0 Å². The van der Waals surface area contributed by atoms with Crippen molar-refractivity contribution < 1.29 is 22.7 Å². The highest BCUT2D eigenvalue weighted by atomic mass is 35.5. The molecule has 0 fully saturated rings. The molecular weight excluding hydrogens is 339 g/mol. The van der Waals surface area contributed by atoms with E-state index < -0.39 is 29.3 Å². The van der Waals surface area contributed by atoms with Gasteiger partial charge in [-0.25, -0.2) is 4.68 Å². The number of carbonyl (C=O) groups is 1. The van der Waals surface area contributed by atoms with Crippen LogP contribution in [0.4, 0.5) is 18.9 Å². The Bertz CT molecular complexity index is 710. The third-order valence-corrected chi connectivity index (χ3v) is 3.33. The first-order valence-corrected chi connectivity index (χ1v) is 6.71. The third kappa shape index (κ3) is 4.02. The number of alkyl halides is 3. The second-order valence-corrected chi connectivity index (χ2v) is 5.02. The van der Waals surface area contributed by atoms with Gasteiger partial charge in [-0.3, -0.25) is 9.48 Å². The largest absolute Gasteiger partial charge is 0.436 e. The van der Waals surface area contributed by atoms with Crippen molar-refractivity contribution in [1.29, 1.82) is 0 Å². The van der Waals surface area contributed by atoms with Gasteiger partial charge in [0.15, 0.2) is 5.69 Å². The fourth-order valence-electron chi connectivity index (χ4n) is 1.83. The van der Waals surface area contributed by atoms with Gasteiger partial charge in [0, 0.05) is 7.11 Å². The molecule has 0 saturated carbocycles. The summed E-state index contributed by atoms with van der Waals surface area (Å²) in [6, 6.07) is 0. The van der Waals surface area contributed by atoms with E-state index in [9.17, 15) is 18.0 Å². The Labute approximate surface area is 134 Å². The number of amides is 1. The second kappa shape index (κ2) is 6.59. The Hall–Kier alpha value is -2.07. The molecule has 0 aromatic carbocycles. The van der Waals surface area contributed by atoms with Crippen LogP contribution in [0.15, 0.2) is 12.4 Å². The summed E-state index contributed by atoms with van der Waals surface area (Å²) in [5.41, 5.74) is -0.763. The molecule has 0 bridgehead atoms. The molecule has 2 aromatic heterocycles. The number of nitrogens with one attached hydrogen (secondary N) is 1. The maximum Gasteiger partial charge on any atom is 0.436 e. The predicted molar refractivity (Wildman–Crippen MR) is 74.8 cm³/mol. The standard InChI is InChI=1S/C12H13ClF3N5O2/c1-7-10(13)11(12(14,15)16)19-21(7)5-9(22)18-8-3-17-20(4-8)6-23-2/h3-4H,5-6H2,1-2H3,(H,18,22). The monoisotopic (exact) mass is 351 g/mol. The molecule has 1 N–H and O–H groups in total. The molecule has 0 unspecified atom stereocenters. The van der Waals surface area contributed by atoms with E-state index >= 15 is 0 Å². The van der Waals surface area contributed by atoms with Crippen LogP contribution >= 0.6 is 11.6 Å². The summed E-state index contributed by atoms with van der Waals surface area (Å²) in [5, 5.41) is 9.26. The minimum absolute atomic E-state index is 0.0595. The van der Waals surface area contributed by atoms with Crippen LogP contribution in [0.1, 0.15) is 11.4 Å². The number of anilines is 1. The summed E-state index contributed by atoms with van der Waals surface area (Å²) in [4.78, 5) is 11.9. The third-order valence-electron chi connectivity index (χ3n) is 2.87. The van der Waals surface area contributed by atoms with Crippen LogP contribution in [0.3, 0.4) is 0 Å². The van der Waals surface area contributed by atoms with E-state index in [1.165, 1.54) is 31.1 Å². The van der Waals surface area contributed by atoms with Crippen LogP contribution in [0, 0.1) is 6.92 Å². The molecule has 2 aromatic rings. The summed E-state index contributed by atoms with van der Waals surface area (Å²) in [6.45, 7) is 1.16. The number of rotatable bonds is 5. The van der Waals surface area contributed by atoms with Crippen molar-refractivity contribution in [2.75, 3.05) is 12.4 Å². The number of nitrogens with zero attached hydrogens (tertiary/aromatic N) is 4. The molecule has 2 heterocycles. The van der Waals surface area contributed by atoms with Gasteiger partial charge in [-0.15, -0.1) is 0 Å². The average Bonchev–Trinajstić information content (AvgIpc) is 2.98. The Kier molecular flexibility index (Phi) is 4.95. The highest BCUT2D eigenvalue weighted by molar-refractivity contribution is 6.32. The van der Waals surface area contributed by atoms with E-state index in [0.717, 1.165) is 4.68 Å². The zero-order valence-electron chi connectivity index (χ0n) is 12.2. The summed E-state index contributed by atoms with van der Waals surface area (Å²) in [7, 11) is 1.49. The number of hydrogen-bond donors (Lipinski definition) is 1. The van der Waals surface area contributed by atoms with Crippen LogP contribution in [0.5, 0.6) is 0 Å². The van der Waals surface area contributed by atoms with Gasteiger partial charge in [-0.2, -0.15) is 23.4 Å². The minimum Gasteiger partial charge on any atom is -0.362 e. The second-order valence-electron chi connectivity index (χ2n) is 4.64. The van der Waals surface area contributed by atoms with E-state index in [0.29, 0.717) is 5.69 Å². The zero-order valence-corrected chi connectivity index (χ0v) is 12.9. The number of ether oxygens (including phenoxy) is 1. The number of aromatic nitrogens is 4. The van der Waals surface area contributed by atoms with E-state index in [4.69, 9.17) is 16.3 Å². The van der Waals surface area contributed by atoms with Gasteiger partial charge in [0.2, 0.25) is 5.91 Å². The van der Waals surface area contributed by atoms with Crippen molar-refractivity contribution in [3.8, 4) is 0 Å².